The van der Waals surface area contributed by atoms with Gasteiger partial charge in [-0.05, 0) is 42.8 Å². The van der Waals surface area contributed by atoms with Crippen molar-refractivity contribution in [3.8, 4) is 11.5 Å². The first kappa shape index (κ1) is 21.0. The monoisotopic (exact) mass is 368 g/mol. The molecule has 146 valence electrons. The van der Waals surface area contributed by atoms with Crippen molar-refractivity contribution >= 4 is 5.78 Å². The highest BCUT2D eigenvalue weighted by molar-refractivity contribution is 6.09. The fraction of sp³-hybridized carbons (Fsp3) is 0.458. The van der Waals surface area contributed by atoms with Crippen molar-refractivity contribution in [2.75, 3.05) is 13.7 Å². The molecule has 3 heteroatoms. The number of ether oxygens (including phenoxy) is 2. The van der Waals surface area contributed by atoms with Crippen LogP contribution in [0.5, 0.6) is 11.5 Å². The molecule has 0 radical (unpaired) electrons. The molecule has 27 heavy (non-hydrogen) atoms. The van der Waals surface area contributed by atoms with Crippen molar-refractivity contribution in [3.05, 3.63) is 59.7 Å². The van der Waals surface area contributed by atoms with Gasteiger partial charge in [-0.15, -0.1) is 0 Å². The predicted octanol–water partition coefficient (Wildman–Crippen LogP) is 6.45. The highest BCUT2D eigenvalue weighted by Gasteiger charge is 2.10. The molecule has 2 aromatic rings. The Bertz CT molecular complexity index is 676. The summed E-state index contributed by atoms with van der Waals surface area (Å²) in [6.07, 6.45) is 10.3. The maximum Gasteiger partial charge on any atom is 0.193 e. The third kappa shape index (κ3) is 7.46. The Balaban J connectivity index is 1.71. The normalized spacial score (nSPS) is 10.6. The van der Waals surface area contributed by atoms with Crippen LogP contribution < -0.4 is 9.47 Å². The van der Waals surface area contributed by atoms with Gasteiger partial charge in [0.2, 0.25) is 0 Å². The van der Waals surface area contributed by atoms with Crippen LogP contribution >= 0.6 is 0 Å². The number of benzene rings is 2. The number of unbranched alkanes of at least 4 members (excludes halogenated alkanes) is 7. The molecule has 3 nitrogen and oxygen atoms in total. The van der Waals surface area contributed by atoms with E-state index >= 15 is 0 Å². The molecule has 0 aliphatic heterocycles. The molecule has 0 fully saturated rings. The van der Waals surface area contributed by atoms with Gasteiger partial charge >= 0.3 is 0 Å². The van der Waals surface area contributed by atoms with E-state index in [2.05, 4.69) is 6.92 Å². The van der Waals surface area contributed by atoms with Crippen molar-refractivity contribution in [2.45, 2.75) is 58.3 Å². The average molecular weight is 369 g/mol. The number of carbonyl (C=O) groups excluding carboxylic acids is 1. The Morgan fingerprint density at radius 3 is 2.11 bits per heavy atom. The third-order valence-electron chi connectivity index (χ3n) is 4.72. The molecule has 0 spiro atoms. The van der Waals surface area contributed by atoms with Crippen LogP contribution in [-0.4, -0.2) is 19.5 Å². The van der Waals surface area contributed by atoms with Crippen LogP contribution in [0, 0.1) is 0 Å². The number of hydrogen-bond donors (Lipinski definition) is 0. The first-order valence-corrected chi connectivity index (χ1v) is 10.2. The molecule has 2 rings (SSSR count). The molecule has 0 unspecified atom stereocenters. The minimum absolute atomic E-state index is 0.0106. The lowest BCUT2D eigenvalue weighted by Crippen LogP contribution is -2.02. The average Bonchev–Trinajstić information content (AvgIpc) is 2.72. The van der Waals surface area contributed by atoms with Crippen molar-refractivity contribution < 1.29 is 14.3 Å². The summed E-state index contributed by atoms with van der Waals surface area (Å²) >= 11 is 0. The second-order valence-electron chi connectivity index (χ2n) is 6.91. The van der Waals surface area contributed by atoms with Crippen molar-refractivity contribution in [2.24, 2.45) is 0 Å². The van der Waals surface area contributed by atoms with E-state index in [1.54, 1.807) is 19.2 Å². The van der Waals surface area contributed by atoms with E-state index in [1.807, 2.05) is 36.4 Å². The lowest BCUT2D eigenvalue weighted by molar-refractivity contribution is 0.103. The van der Waals surface area contributed by atoms with Gasteiger partial charge in [-0.3, -0.25) is 4.79 Å². The molecule has 0 aliphatic rings. The Hall–Kier alpha value is -2.29. The fourth-order valence-corrected chi connectivity index (χ4v) is 3.06. The number of rotatable bonds is 13. The summed E-state index contributed by atoms with van der Waals surface area (Å²) in [7, 11) is 1.60. The van der Waals surface area contributed by atoms with Gasteiger partial charge in [0.25, 0.3) is 0 Å². The fourth-order valence-electron chi connectivity index (χ4n) is 3.06. The van der Waals surface area contributed by atoms with Gasteiger partial charge in [-0.2, -0.15) is 0 Å². The highest BCUT2D eigenvalue weighted by Crippen LogP contribution is 2.19. The molecule has 0 heterocycles. The van der Waals surface area contributed by atoms with Gasteiger partial charge < -0.3 is 9.47 Å². The van der Waals surface area contributed by atoms with E-state index in [0.29, 0.717) is 16.9 Å². The minimum atomic E-state index is -0.0106. The van der Waals surface area contributed by atoms with E-state index in [9.17, 15) is 4.79 Å². The number of ketones is 1. The maximum absolute atomic E-state index is 12.6. The lowest BCUT2D eigenvalue weighted by atomic mass is 10.0. The summed E-state index contributed by atoms with van der Waals surface area (Å²) in [6, 6.07) is 14.6. The third-order valence-corrected chi connectivity index (χ3v) is 4.72. The highest BCUT2D eigenvalue weighted by atomic mass is 16.5. The molecular weight excluding hydrogens is 336 g/mol. The van der Waals surface area contributed by atoms with Crippen LogP contribution in [0.3, 0.4) is 0 Å². The van der Waals surface area contributed by atoms with E-state index in [1.165, 1.54) is 44.9 Å². The molecule has 0 atom stereocenters. The number of carbonyl (C=O) groups is 1. The van der Waals surface area contributed by atoms with Gasteiger partial charge in [0.15, 0.2) is 5.78 Å². The standard InChI is InChI=1S/C24H32O3/c1-3-4-5-6-7-8-9-10-18-27-22-16-14-20(15-17-22)24(25)21-12-11-13-23(19-21)26-2/h11-17,19H,3-10,18H2,1-2H3. The molecule has 0 aliphatic carbocycles. The summed E-state index contributed by atoms with van der Waals surface area (Å²) in [6.45, 7) is 2.98. The minimum Gasteiger partial charge on any atom is -0.497 e. The zero-order chi connectivity index (χ0) is 19.3. The zero-order valence-electron chi connectivity index (χ0n) is 16.7. The first-order valence-electron chi connectivity index (χ1n) is 10.2. The van der Waals surface area contributed by atoms with Crippen molar-refractivity contribution in [3.63, 3.8) is 0 Å². The van der Waals surface area contributed by atoms with Crippen LogP contribution in [0.4, 0.5) is 0 Å². The van der Waals surface area contributed by atoms with Crippen LogP contribution in [0.1, 0.15) is 74.2 Å². The van der Waals surface area contributed by atoms with Gasteiger partial charge in [0.05, 0.1) is 13.7 Å². The summed E-state index contributed by atoms with van der Waals surface area (Å²) in [5.74, 6) is 1.50. The number of hydrogen-bond acceptors (Lipinski definition) is 3. The summed E-state index contributed by atoms with van der Waals surface area (Å²) in [5.41, 5.74) is 1.28. The zero-order valence-corrected chi connectivity index (χ0v) is 16.7. The van der Waals surface area contributed by atoms with Gasteiger partial charge in [-0.25, -0.2) is 0 Å². The Morgan fingerprint density at radius 2 is 1.44 bits per heavy atom. The van der Waals surface area contributed by atoms with E-state index in [4.69, 9.17) is 9.47 Å². The molecular formula is C24H32O3. The number of methoxy groups -OCH3 is 1. The lowest BCUT2D eigenvalue weighted by Gasteiger charge is -2.08. The van der Waals surface area contributed by atoms with Crippen LogP contribution in [0.15, 0.2) is 48.5 Å². The molecule has 0 N–H and O–H groups in total. The molecule has 0 bridgehead atoms. The summed E-state index contributed by atoms with van der Waals surface area (Å²) in [5, 5.41) is 0. The summed E-state index contributed by atoms with van der Waals surface area (Å²) < 4.78 is 11.0. The Labute approximate surface area is 163 Å². The SMILES string of the molecule is CCCCCCCCCCOc1ccc(C(=O)c2cccc(OC)c2)cc1. The van der Waals surface area contributed by atoms with Crippen molar-refractivity contribution in [1.82, 2.24) is 0 Å². The van der Waals surface area contributed by atoms with Gasteiger partial charge in [-0.1, -0.05) is 64.0 Å². The molecule has 2 aromatic carbocycles. The first-order chi connectivity index (χ1) is 13.2. The quantitative estimate of drug-likeness (QED) is 0.301. The van der Waals surface area contributed by atoms with E-state index in [-0.39, 0.29) is 5.78 Å². The smallest absolute Gasteiger partial charge is 0.193 e. The van der Waals surface area contributed by atoms with Crippen LogP contribution in [0.25, 0.3) is 0 Å². The largest absolute Gasteiger partial charge is 0.497 e. The maximum atomic E-state index is 12.6. The van der Waals surface area contributed by atoms with Gasteiger partial charge in [0, 0.05) is 11.1 Å². The van der Waals surface area contributed by atoms with Crippen LogP contribution in [-0.2, 0) is 0 Å². The van der Waals surface area contributed by atoms with E-state index < -0.39 is 0 Å². The predicted molar refractivity (Wildman–Crippen MR) is 111 cm³/mol. The van der Waals surface area contributed by atoms with Crippen LogP contribution in [0.2, 0.25) is 0 Å². The molecule has 0 amide bonds. The van der Waals surface area contributed by atoms with E-state index in [0.717, 1.165) is 18.8 Å². The molecule has 0 aromatic heterocycles. The van der Waals surface area contributed by atoms with Crippen molar-refractivity contribution in [1.29, 1.82) is 0 Å². The Kier molecular flexibility index (Phi) is 9.47. The topological polar surface area (TPSA) is 35.5 Å². The van der Waals surface area contributed by atoms with Gasteiger partial charge in [0.1, 0.15) is 11.5 Å². The molecule has 0 saturated heterocycles. The molecule has 0 saturated carbocycles. The second kappa shape index (κ2) is 12.2. The summed E-state index contributed by atoms with van der Waals surface area (Å²) in [4.78, 5) is 12.6. The second-order valence-corrected chi connectivity index (χ2v) is 6.91. The Morgan fingerprint density at radius 1 is 0.778 bits per heavy atom.